The number of nitrogens with zero attached hydrogens (tertiary/aromatic N) is 2. The number of nitrogens with one attached hydrogen (secondary N) is 3. The standard InChI is InChI=1S/C22H35N5O3S/c1-2-23-22(24-12-10-21(28)26-19-11-14-31(29,30)17-19)25-15-20-9-6-13-27(20)16-18-7-4-3-5-8-18/h3-5,7-8,19-20H,2,6,9-17H2,1H3,(H,26,28)(H2,23,24,25). The average molecular weight is 450 g/mol. The van der Waals surface area contributed by atoms with Gasteiger partial charge >= 0.3 is 0 Å². The summed E-state index contributed by atoms with van der Waals surface area (Å²) in [6.07, 6.45) is 3.12. The van der Waals surface area contributed by atoms with Gasteiger partial charge < -0.3 is 16.0 Å². The first-order chi connectivity index (χ1) is 14.9. The summed E-state index contributed by atoms with van der Waals surface area (Å²) < 4.78 is 23.0. The van der Waals surface area contributed by atoms with Gasteiger partial charge in [0.15, 0.2) is 15.8 Å². The predicted molar refractivity (Wildman–Crippen MR) is 124 cm³/mol. The van der Waals surface area contributed by atoms with E-state index in [-0.39, 0.29) is 29.9 Å². The Morgan fingerprint density at radius 3 is 2.71 bits per heavy atom. The molecule has 3 rings (SSSR count). The molecule has 1 aromatic rings. The highest BCUT2D eigenvalue weighted by Crippen LogP contribution is 2.20. The van der Waals surface area contributed by atoms with E-state index in [1.165, 1.54) is 12.0 Å². The van der Waals surface area contributed by atoms with Crippen LogP contribution in [-0.4, -0.2) is 75.0 Å². The van der Waals surface area contributed by atoms with Crippen LogP contribution in [0.1, 0.15) is 38.2 Å². The number of hydrogen-bond acceptors (Lipinski definition) is 5. The molecule has 2 atom stereocenters. The molecule has 0 saturated carbocycles. The summed E-state index contributed by atoms with van der Waals surface area (Å²) in [7, 11) is -2.99. The Labute approximate surface area is 185 Å². The van der Waals surface area contributed by atoms with Gasteiger partial charge in [-0.05, 0) is 38.3 Å². The topological polar surface area (TPSA) is 103 Å². The highest BCUT2D eigenvalue weighted by Gasteiger charge is 2.28. The molecule has 172 valence electrons. The van der Waals surface area contributed by atoms with Gasteiger partial charge in [-0.15, -0.1) is 0 Å². The number of rotatable bonds is 9. The summed E-state index contributed by atoms with van der Waals surface area (Å²) in [5, 5.41) is 9.28. The van der Waals surface area contributed by atoms with Crippen molar-refractivity contribution in [3.63, 3.8) is 0 Å². The van der Waals surface area contributed by atoms with Crippen molar-refractivity contribution < 1.29 is 13.2 Å². The van der Waals surface area contributed by atoms with Crippen LogP contribution in [0.5, 0.6) is 0 Å². The number of sulfone groups is 1. The molecule has 0 aromatic heterocycles. The zero-order valence-corrected chi connectivity index (χ0v) is 19.2. The van der Waals surface area contributed by atoms with E-state index in [1.807, 2.05) is 13.0 Å². The fraction of sp³-hybridized carbons (Fsp3) is 0.636. The lowest BCUT2D eigenvalue weighted by Crippen LogP contribution is -2.42. The molecule has 2 unspecified atom stereocenters. The van der Waals surface area contributed by atoms with Crippen molar-refractivity contribution in [1.29, 1.82) is 0 Å². The van der Waals surface area contributed by atoms with Crippen molar-refractivity contribution in [3.8, 4) is 0 Å². The lowest BCUT2D eigenvalue weighted by Gasteiger charge is -2.23. The summed E-state index contributed by atoms with van der Waals surface area (Å²) in [5.74, 6) is 0.799. The number of aliphatic imine (C=N–C) groups is 1. The van der Waals surface area contributed by atoms with Gasteiger partial charge in [0.2, 0.25) is 5.91 Å². The first kappa shape index (κ1) is 23.5. The molecule has 3 N–H and O–H groups in total. The van der Waals surface area contributed by atoms with Crippen molar-refractivity contribution in [2.75, 3.05) is 37.7 Å². The smallest absolute Gasteiger partial charge is 0.222 e. The Bertz CT molecular complexity index is 844. The minimum absolute atomic E-state index is 0.0527. The Morgan fingerprint density at radius 2 is 2.00 bits per heavy atom. The maximum atomic E-state index is 12.1. The van der Waals surface area contributed by atoms with Crippen LogP contribution < -0.4 is 16.0 Å². The second-order valence-electron chi connectivity index (χ2n) is 8.32. The Hall–Kier alpha value is -2.13. The molecule has 2 aliphatic heterocycles. The maximum absolute atomic E-state index is 12.1. The van der Waals surface area contributed by atoms with Crippen LogP contribution in [0.15, 0.2) is 35.3 Å². The van der Waals surface area contributed by atoms with Crippen LogP contribution >= 0.6 is 0 Å². The van der Waals surface area contributed by atoms with E-state index in [2.05, 4.69) is 45.1 Å². The van der Waals surface area contributed by atoms with E-state index >= 15 is 0 Å². The van der Waals surface area contributed by atoms with Crippen molar-refractivity contribution >= 4 is 21.7 Å². The van der Waals surface area contributed by atoms with Gasteiger partial charge in [0.25, 0.3) is 0 Å². The van der Waals surface area contributed by atoms with E-state index < -0.39 is 9.84 Å². The monoisotopic (exact) mass is 449 g/mol. The van der Waals surface area contributed by atoms with Crippen molar-refractivity contribution in [2.45, 2.75) is 51.2 Å². The molecule has 2 aliphatic rings. The summed E-state index contributed by atoms with van der Waals surface area (Å²) in [4.78, 5) is 19.4. The summed E-state index contributed by atoms with van der Waals surface area (Å²) in [5.41, 5.74) is 1.32. The zero-order valence-electron chi connectivity index (χ0n) is 18.3. The zero-order chi connectivity index (χ0) is 22.1. The van der Waals surface area contributed by atoms with E-state index in [1.54, 1.807) is 0 Å². The molecule has 0 bridgehead atoms. The molecule has 1 amide bonds. The summed E-state index contributed by atoms with van der Waals surface area (Å²) in [6.45, 7) is 5.97. The normalized spacial score (nSPS) is 23.6. The third kappa shape index (κ3) is 7.81. The van der Waals surface area contributed by atoms with Crippen LogP contribution in [0.3, 0.4) is 0 Å². The van der Waals surface area contributed by atoms with Gasteiger partial charge in [-0.1, -0.05) is 30.3 Å². The highest BCUT2D eigenvalue weighted by atomic mass is 32.2. The molecule has 0 radical (unpaired) electrons. The number of amides is 1. The number of likely N-dealkylation sites (tertiary alicyclic amines) is 1. The van der Waals surface area contributed by atoms with Crippen LogP contribution in [0.2, 0.25) is 0 Å². The van der Waals surface area contributed by atoms with E-state index in [0.717, 1.165) is 26.1 Å². The number of hydrogen-bond donors (Lipinski definition) is 3. The van der Waals surface area contributed by atoms with Gasteiger partial charge in [-0.25, -0.2) is 8.42 Å². The first-order valence-electron chi connectivity index (χ1n) is 11.2. The SMILES string of the molecule is CCNC(=NCC1CCCN1Cc1ccccc1)NCCC(=O)NC1CCS(=O)(=O)C1. The van der Waals surface area contributed by atoms with Crippen molar-refractivity contribution in [1.82, 2.24) is 20.9 Å². The third-order valence-electron chi connectivity index (χ3n) is 5.77. The third-order valence-corrected chi connectivity index (χ3v) is 7.54. The van der Waals surface area contributed by atoms with Gasteiger partial charge in [0, 0.05) is 38.1 Å². The molecule has 2 saturated heterocycles. The molecule has 2 heterocycles. The maximum Gasteiger partial charge on any atom is 0.222 e. The van der Waals surface area contributed by atoms with Gasteiger partial charge in [0.1, 0.15) is 0 Å². The Kier molecular flexibility index (Phi) is 8.71. The van der Waals surface area contributed by atoms with Gasteiger partial charge in [0.05, 0.1) is 18.1 Å². The van der Waals surface area contributed by atoms with E-state index in [9.17, 15) is 13.2 Å². The number of guanidine groups is 1. The minimum atomic E-state index is -2.99. The molecular weight excluding hydrogens is 414 g/mol. The Morgan fingerprint density at radius 1 is 1.19 bits per heavy atom. The van der Waals surface area contributed by atoms with Crippen molar-refractivity contribution in [3.05, 3.63) is 35.9 Å². The fourth-order valence-electron chi connectivity index (χ4n) is 4.17. The fourth-order valence-corrected chi connectivity index (χ4v) is 5.84. The van der Waals surface area contributed by atoms with Crippen molar-refractivity contribution in [2.24, 2.45) is 4.99 Å². The average Bonchev–Trinajstić information content (AvgIpc) is 3.32. The summed E-state index contributed by atoms with van der Waals surface area (Å²) in [6, 6.07) is 10.7. The van der Waals surface area contributed by atoms with Gasteiger partial charge in [-0.2, -0.15) is 0 Å². The molecule has 0 spiro atoms. The largest absolute Gasteiger partial charge is 0.357 e. The Balaban J connectivity index is 1.43. The summed E-state index contributed by atoms with van der Waals surface area (Å²) >= 11 is 0. The van der Waals surface area contributed by atoms with E-state index in [4.69, 9.17) is 4.99 Å². The van der Waals surface area contributed by atoms with E-state index in [0.29, 0.717) is 31.5 Å². The second-order valence-corrected chi connectivity index (χ2v) is 10.5. The van der Waals surface area contributed by atoms with Crippen LogP contribution in [-0.2, 0) is 21.2 Å². The van der Waals surface area contributed by atoms with Crippen LogP contribution in [0.4, 0.5) is 0 Å². The minimum Gasteiger partial charge on any atom is -0.357 e. The van der Waals surface area contributed by atoms with Crippen LogP contribution in [0.25, 0.3) is 0 Å². The quantitative estimate of drug-likeness (QED) is 0.382. The van der Waals surface area contributed by atoms with Gasteiger partial charge in [-0.3, -0.25) is 14.7 Å². The molecule has 9 heteroatoms. The molecular formula is C22H35N5O3S. The number of carbonyl (C=O) groups excluding carboxylic acids is 1. The lowest BCUT2D eigenvalue weighted by molar-refractivity contribution is -0.121. The lowest BCUT2D eigenvalue weighted by atomic mass is 10.2. The molecule has 2 fully saturated rings. The first-order valence-corrected chi connectivity index (χ1v) is 13.1. The number of carbonyl (C=O) groups is 1. The second kappa shape index (κ2) is 11.5. The predicted octanol–water partition coefficient (Wildman–Crippen LogP) is 0.900. The molecule has 8 nitrogen and oxygen atoms in total. The molecule has 31 heavy (non-hydrogen) atoms. The van der Waals surface area contributed by atoms with Crippen LogP contribution in [0, 0.1) is 0 Å². The molecule has 1 aromatic carbocycles. The molecule has 0 aliphatic carbocycles. The highest BCUT2D eigenvalue weighted by molar-refractivity contribution is 7.91. The number of benzene rings is 1.